The van der Waals surface area contributed by atoms with E-state index in [2.05, 4.69) is 15.3 Å². The minimum atomic E-state index is 0.0866. The standard InChI is InChI=1S/C10H14N4O/c1-3-15-8(2)7-14-10-9(6-11)12-4-5-13-10/h4-5,8H,3,7H2,1-2H3,(H,13,14). The predicted molar refractivity (Wildman–Crippen MR) is 56.3 cm³/mol. The molecular formula is C10H14N4O. The highest BCUT2D eigenvalue weighted by Crippen LogP contribution is 2.06. The van der Waals surface area contributed by atoms with Gasteiger partial charge in [-0.2, -0.15) is 5.26 Å². The van der Waals surface area contributed by atoms with Crippen LogP contribution in [0.15, 0.2) is 12.4 Å². The summed E-state index contributed by atoms with van der Waals surface area (Å²) in [5, 5.41) is 11.8. The van der Waals surface area contributed by atoms with E-state index in [1.165, 1.54) is 6.20 Å². The lowest BCUT2D eigenvalue weighted by atomic mass is 10.3. The molecule has 0 fully saturated rings. The molecule has 0 aliphatic rings. The molecule has 0 aliphatic heterocycles. The number of anilines is 1. The molecule has 1 N–H and O–H groups in total. The van der Waals surface area contributed by atoms with Crippen LogP contribution in [0.2, 0.25) is 0 Å². The van der Waals surface area contributed by atoms with Gasteiger partial charge >= 0.3 is 0 Å². The van der Waals surface area contributed by atoms with Crippen LogP contribution in [0, 0.1) is 11.3 Å². The number of aromatic nitrogens is 2. The third-order valence-electron chi connectivity index (χ3n) is 1.81. The lowest BCUT2D eigenvalue weighted by molar-refractivity contribution is 0.0855. The molecule has 1 atom stereocenters. The van der Waals surface area contributed by atoms with Crippen molar-refractivity contribution >= 4 is 5.82 Å². The maximum Gasteiger partial charge on any atom is 0.182 e. The Labute approximate surface area is 89.1 Å². The molecule has 5 heteroatoms. The maximum atomic E-state index is 8.76. The van der Waals surface area contributed by atoms with Crippen molar-refractivity contribution < 1.29 is 4.74 Å². The van der Waals surface area contributed by atoms with E-state index in [0.717, 1.165) is 0 Å². The van der Waals surface area contributed by atoms with Crippen LogP contribution >= 0.6 is 0 Å². The molecule has 15 heavy (non-hydrogen) atoms. The number of rotatable bonds is 5. The maximum absolute atomic E-state index is 8.76. The van der Waals surface area contributed by atoms with Crippen LogP contribution in [0.5, 0.6) is 0 Å². The van der Waals surface area contributed by atoms with Crippen molar-refractivity contribution in [2.45, 2.75) is 20.0 Å². The van der Waals surface area contributed by atoms with Gasteiger partial charge in [-0.1, -0.05) is 0 Å². The van der Waals surface area contributed by atoms with Crippen molar-refractivity contribution in [3.63, 3.8) is 0 Å². The van der Waals surface area contributed by atoms with Gasteiger partial charge in [0, 0.05) is 25.5 Å². The molecule has 1 aromatic heterocycles. The summed E-state index contributed by atoms with van der Waals surface area (Å²) in [6, 6.07) is 1.97. The van der Waals surface area contributed by atoms with E-state index in [0.29, 0.717) is 24.7 Å². The van der Waals surface area contributed by atoms with Crippen LogP contribution in [-0.4, -0.2) is 29.2 Å². The molecular weight excluding hydrogens is 192 g/mol. The van der Waals surface area contributed by atoms with Gasteiger partial charge in [0.25, 0.3) is 0 Å². The normalized spacial score (nSPS) is 11.8. The van der Waals surface area contributed by atoms with Crippen LogP contribution in [0.4, 0.5) is 5.82 Å². The number of nitrogens with zero attached hydrogens (tertiary/aromatic N) is 3. The molecule has 0 bridgehead atoms. The summed E-state index contributed by atoms with van der Waals surface area (Å²) in [5.74, 6) is 0.506. The summed E-state index contributed by atoms with van der Waals surface area (Å²) in [6.45, 7) is 5.19. The van der Waals surface area contributed by atoms with E-state index in [4.69, 9.17) is 10.00 Å². The summed E-state index contributed by atoms with van der Waals surface area (Å²) in [7, 11) is 0. The summed E-state index contributed by atoms with van der Waals surface area (Å²) in [6.07, 6.45) is 3.13. The number of hydrogen-bond donors (Lipinski definition) is 1. The van der Waals surface area contributed by atoms with Crippen LogP contribution in [0.1, 0.15) is 19.5 Å². The van der Waals surface area contributed by atoms with Crippen LogP contribution in [0.25, 0.3) is 0 Å². The fraction of sp³-hybridized carbons (Fsp3) is 0.500. The second-order valence-corrected chi connectivity index (χ2v) is 3.01. The van der Waals surface area contributed by atoms with Gasteiger partial charge in [-0.05, 0) is 13.8 Å². The van der Waals surface area contributed by atoms with Gasteiger partial charge in [-0.25, -0.2) is 9.97 Å². The van der Waals surface area contributed by atoms with Crippen LogP contribution in [0.3, 0.4) is 0 Å². The summed E-state index contributed by atoms with van der Waals surface area (Å²) < 4.78 is 5.34. The van der Waals surface area contributed by atoms with Gasteiger partial charge in [0.05, 0.1) is 6.10 Å². The minimum absolute atomic E-state index is 0.0866. The average molecular weight is 206 g/mol. The summed E-state index contributed by atoms with van der Waals surface area (Å²) >= 11 is 0. The Morgan fingerprint density at radius 2 is 2.27 bits per heavy atom. The second-order valence-electron chi connectivity index (χ2n) is 3.01. The van der Waals surface area contributed by atoms with Crippen molar-refractivity contribution in [2.75, 3.05) is 18.5 Å². The van der Waals surface area contributed by atoms with Crippen LogP contribution < -0.4 is 5.32 Å². The average Bonchev–Trinajstić information content (AvgIpc) is 2.27. The molecule has 1 unspecified atom stereocenters. The number of ether oxygens (including phenoxy) is 1. The lowest BCUT2D eigenvalue weighted by Crippen LogP contribution is -2.20. The zero-order chi connectivity index (χ0) is 11.1. The third kappa shape index (κ3) is 3.52. The SMILES string of the molecule is CCOC(C)CNc1nccnc1C#N. The van der Waals surface area contributed by atoms with E-state index in [1.54, 1.807) is 6.20 Å². The molecule has 1 rings (SSSR count). The molecule has 1 heterocycles. The Morgan fingerprint density at radius 3 is 2.93 bits per heavy atom. The van der Waals surface area contributed by atoms with Gasteiger partial charge in [0.15, 0.2) is 11.5 Å². The van der Waals surface area contributed by atoms with Gasteiger partial charge in [0.1, 0.15) is 6.07 Å². The number of hydrogen-bond acceptors (Lipinski definition) is 5. The highest BCUT2D eigenvalue weighted by atomic mass is 16.5. The highest BCUT2D eigenvalue weighted by molar-refractivity contribution is 5.46. The quantitative estimate of drug-likeness (QED) is 0.783. The molecule has 0 aliphatic carbocycles. The number of nitrogens with one attached hydrogen (secondary N) is 1. The van der Waals surface area contributed by atoms with E-state index >= 15 is 0 Å². The molecule has 1 aromatic rings. The molecule has 0 spiro atoms. The first kappa shape index (κ1) is 11.4. The Kier molecular flexibility index (Phi) is 4.51. The Balaban J connectivity index is 2.54. The van der Waals surface area contributed by atoms with E-state index < -0.39 is 0 Å². The van der Waals surface area contributed by atoms with E-state index in [-0.39, 0.29) is 6.10 Å². The van der Waals surface area contributed by atoms with E-state index in [1.807, 2.05) is 19.9 Å². The number of nitriles is 1. The van der Waals surface area contributed by atoms with Crippen molar-refractivity contribution in [1.29, 1.82) is 5.26 Å². The molecule has 0 saturated heterocycles. The van der Waals surface area contributed by atoms with E-state index in [9.17, 15) is 0 Å². The van der Waals surface area contributed by atoms with Crippen molar-refractivity contribution in [2.24, 2.45) is 0 Å². The zero-order valence-corrected chi connectivity index (χ0v) is 8.90. The summed E-state index contributed by atoms with van der Waals surface area (Å²) in [5.41, 5.74) is 0.307. The summed E-state index contributed by atoms with van der Waals surface area (Å²) in [4.78, 5) is 7.92. The van der Waals surface area contributed by atoms with Crippen LogP contribution in [-0.2, 0) is 4.74 Å². The van der Waals surface area contributed by atoms with Gasteiger partial charge in [0.2, 0.25) is 0 Å². The van der Waals surface area contributed by atoms with Crippen molar-refractivity contribution in [3.05, 3.63) is 18.1 Å². The fourth-order valence-corrected chi connectivity index (χ4v) is 1.13. The molecule has 0 radical (unpaired) electrons. The molecule has 0 aromatic carbocycles. The van der Waals surface area contributed by atoms with Crippen molar-refractivity contribution in [1.82, 2.24) is 9.97 Å². The zero-order valence-electron chi connectivity index (χ0n) is 8.90. The minimum Gasteiger partial charge on any atom is -0.377 e. The molecule has 0 amide bonds. The molecule has 0 saturated carbocycles. The predicted octanol–water partition coefficient (Wildman–Crippen LogP) is 1.19. The highest BCUT2D eigenvalue weighted by Gasteiger charge is 2.05. The second kappa shape index (κ2) is 5.94. The topological polar surface area (TPSA) is 70.8 Å². The Hall–Kier alpha value is -1.67. The lowest BCUT2D eigenvalue weighted by Gasteiger charge is -2.12. The molecule has 80 valence electrons. The van der Waals surface area contributed by atoms with Crippen molar-refractivity contribution in [3.8, 4) is 6.07 Å². The molecule has 5 nitrogen and oxygen atoms in total. The third-order valence-corrected chi connectivity index (χ3v) is 1.81. The first-order chi connectivity index (χ1) is 7.27. The van der Waals surface area contributed by atoms with Gasteiger partial charge < -0.3 is 10.1 Å². The fourth-order valence-electron chi connectivity index (χ4n) is 1.13. The first-order valence-electron chi connectivity index (χ1n) is 4.84. The van der Waals surface area contributed by atoms with Gasteiger partial charge in [-0.15, -0.1) is 0 Å². The Bertz CT molecular complexity index is 348. The monoisotopic (exact) mass is 206 g/mol. The van der Waals surface area contributed by atoms with Gasteiger partial charge in [-0.3, -0.25) is 0 Å². The largest absolute Gasteiger partial charge is 0.377 e. The smallest absolute Gasteiger partial charge is 0.182 e. The first-order valence-corrected chi connectivity index (χ1v) is 4.84. The Morgan fingerprint density at radius 1 is 1.53 bits per heavy atom.